The molecule has 1 aromatic rings. The van der Waals surface area contributed by atoms with Gasteiger partial charge in [-0.2, -0.15) is 0 Å². The summed E-state index contributed by atoms with van der Waals surface area (Å²) in [6.07, 6.45) is 6.45. The molecule has 128 valence electrons. The van der Waals surface area contributed by atoms with Crippen molar-refractivity contribution in [3.63, 3.8) is 0 Å². The third kappa shape index (κ3) is 6.43. The summed E-state index contributed by atoms with van der Waals surface area (Å²) in [5, 5.41) is 9.17. The van der Waals surface area contributed by atoms with Gasteiger partial charge in [-0.1, -0.05) is 58.6 Å². The molecule has 4 nitrogen and oxygen atoms in total. The van der Waals surface area contributed by atoms with Crippen molar-refractivity contribution in [2.45, 2.75) is 65.4 Å². The Balaban J connectivity index is 2.66. The van der Waals surface area contributed by atoms with Gasteiger partial charge in [0.15, 0.2) is 0 Å². The summed E-state index contributed by atoms with van der Waals surface area (Å²) in [5.74, 6) is -1.45. The highest BCUT2D eigenvalue weighted by molar-refractivity contribution is 6.02. The summed E-state index contributed by atoms with van der Waals surface area (Å²) in [5.41, 5.74) is 0.111. The predicted molar refractivity (Wildman–Crippen MR) is 90.8 cm³/mol. The van der Waals surface area contributed by atoms with Gasteiger partial charge in [0.05, 0.1) is 11.1 Å². The zero-order chi connectivity index (χ0) is 17.2. The number of rotatable bonds is 10. The second-order valence-electron chi connectivity index (χ2n) is 6.24. The van der Waals surface area contributed by atoms with E-state index in [0.29, 0.717) is 0 Å². The van der Waals surface area contributed by atoms with Crippen molar-refractivity contribution >= 4 is 11.9 Å². The Morgan fingerprint density at radius 3 is 2.22 bits per heavy atom. The Labute approximate surface area is 138 Å². The van der Waals surface area contributed by atoms with Crippen LogP contribution in [0.15, 0.2) is 24.3 Å². The first-order valence-electron chi connectivity index (χ1n) is 8.50. The number of ether oxygens (including phenoxy) is 1. The molecule has 4 heteroatoms. The normalized spacial score (nSPS) is 12.2. The van der Waals surface area contributed by atoms with Crippen LogP contribution < -0.4 is 0 Å². The molecule has 1 rings (SSSR count). The quantitative estimate of drug-likeness (QED) is 0.490. The molecule has 1 aromatic carbocycles. The van der Waals surface area contributed by atoms with Crippen LogP contribution in [0, 0.1) is 5.92 Å². The van der Waals surface area contributed by atoms with Crippen molar-refractivity contribution in [3.8, 4) is 0 Å². The highest BCUT2D eigenvalue weighted by Gasteiger charge is 2.22. The third-order valence-electron chi connectivity index (χ3n) is 3.97. The lowest BCUT2D eigenvalue weighted by Crippen LogP contribution is -2.24. The van der Waals surface area contributed by atoms with Crippen molar-refractivity contribution in [2.75, 3.05) is 0 Å². The van der Waals surface area contributed by atoms with Crippen LogP contribution in [0.25, 0.3) is 0 Å². The summed E-state index contributed by atoms with van der Waals surface area (Å²) in [6.45, 7) is 6.22. The van der Waals surface area contributed by atoms with E-state index in [4.69, 9.17) is 4.74 Å². The Morgan fingerprint density at radius 1 is 1.04 bits per heavy atom. The van der Waals surface area contributed by atoms with Gasteiger partial charge in [-0.25, -0.2) is 9.59 Å². The molecule has 0 bridgehead atoms. The summed E-state index contributed by atoms with van der Waals surface area (Å²) in [6, 6.07) is 6.19. The smallest absolute Gasteiger partial charge is 0.339 e. The molecule has 0 amide bonds. The number of unbranched alkanes of at least 4 members (excludes halogenated alkanes) is 4. The van der Waals surface area contributed by atoms with Crippen LogP contribution in [0.5, 0.6) is 0 Å². The fraction of sp³-hybridized carbons (Fsp3) is 0.579. The molecule has 0 aliphatic heterocycles. The SMILES string of the molecule is CCCCCCCC(OC(=O)c1ccccc1C(=O)O)C(C)C. The molecule has 0 heterocycles. The molecule has 0 aliphatic carbocycles. The van der Waals surface area contributed by atoms with Gasteiger partial charge < -0.3 is 9.84 Å². The summed E-state index contributed by atoms with van der Waals surface area (Å²) < 4.78 is 5.59. The molecular formula is C19H28O4. The number of hydrogen-bond donors (Lipinski definition) is 1. The Morgan fingerprint density at radius 2 is 1.65 bits per heavy atom. The summed E-state index contributed by atoms with van der Waals surface area (Å²) in [7, 11) is 0. The molecule has 0 saturated heterocycles. The monoisotopic (exact) mass is 320 g/mol. The van der Waals surface area contributed by atoms with Gasteiger partial charge in [-0.15, -0.1) is 0 Å². The molecule has 0 aromatic heterocycles. The minimum Gasteiger partial charge on any atom is -0.478 e. The number of carboxylic acid groups (broad SMARTS) is 1. The molecule has 0 spiro atoms. The molecule has 1 unspecified atom stereocenters. The Hall–Kier alpha value is -1.84. The average Bonchev–Trinajstić information content (AvgIpc) is 2.53. The Bertz CT molecular complexity index is 508. The van der Waals surface area contributed by atoms with E-state index >= 15 is 0 Å². The van der Waals surface area contributed by atoms with Gasteiger partial charge >= 0.3 is 11.9 Å². The van der Waals surface area contributed by atoms with E-state index in [2.05, 4.69) is 6.92 Å². The second kappa shape index (κ2) is 10.0. The Kier molecular flexibility index (Phi) is 8.38. The van der Waals surface area contributed by atoms with E-state index in [0.717, 1.165) is 19.3 Å². The van der Waals surface area contributed by atoms with Gasteiger partial charge in [0, 0.05) is 0 Å². The van der Waals surface area contributed by atoms with Crippen LogP contribution in [0.2, 0.25) is 0 Å². The van der Waals surface area contributed by atoms with Crippen LogP contribution in [-0.4, -0.2) is 23.1 Å². The highest BCUT2D eigenvalue weighted by Crippen LogP contribution is 2.19. The van der Waals surface area contributed by atoms with Gasteiger partial charge in [0.25, 0.3) is 0 Å². The van der Waals surface area contributed by atoms with Gasteiger partial charge in [-0.05, 0) is 30.9 Å². The fourth-order valence-electron chi connectivity index (χ4n) is 2.53. The van der Waals surface area contributed by atoms with E-state index in [1.165, 1.54) is 31.4 Å². The van der Waals surface area contributed by atoms with Crippen LogP contribution in [-0.2, 0) is 4.74 Å². The number of carbonyl (C=O) groups is 2. The van der Waals surface area contributed by atoms with Crippen molar-refractivity contribution in [2.24, 2.45) is 5.92 Å². The molecule has 1 atom stereocenters. The topological polar surface area (TPSA) is 63.6 Å². The number of carboxylic acids is 1. The largest absolute Gasteiger partial charge is 0.478 e. The lowest BCUT2D eigenvalue weighted by molar-refractivity contribution is 0.0147. The zero-order valence-electron chi connectivity index (χ0n) is 14.4. The van der Waals surface area contributed by atoms with E-state index in [1.54, 1.807) is 12.1 Å². The zero-order valence-corrected chi connectivity index (χ0v) is 14.4. The fourth-order valence-corrected chi connectivity index (χ4v) is 2.53. The number of benzene rings is 1. The first-order chi connectivity index (χ1) is 11.0. The van der Waals surface area contributed by atoms with Crippen LogP contribution in [0.4, 0.5) is 0 Å². The second-order valence-corrected chi connectivity index (χ2v) is 6.24. The van der Waals surface area contributed by atoms with E-state index in [9.17, 15) is 14.7 Å². The molecule has 1 N–H and O–H groups in total. The molecule has 0 aliphatic rings. The van der Waals surface area contributed by atoms with Crippen molar-refractivity contribution in [3.05, 3.63) is 35.4 Å². The van der Waals surface area contributed by atoms with Crippen LogP contribution in [0.1, 0.15) is 80.0 Å². The minimum absolute atomic E-state index is 0.0112. The molecular weight excluding hydrogens is 292 g/mol. The lowest BCUT2D eigenvalue weighted by atomic mass is 9.99. The minimum atomic E-state index is -1.11. The maximum absolute atomic E-state index is 12.3. The first kappa shape index (κ1) is 19.2. The van der Waals surface area contributed by atoms with E-state index in [1.807, 2.05) is 13.8 Å². The lowest BCUT2D eigenvalue weighted by Gasteiger charge is -2.22. The van der Waals surface area contributed by atoms with Crippen molar-refractivity contribution < 1.29 is 19.4 Å². The van der Waals surface area contributed by atoms with Crippen LogP contribution >= 0.6 is 0 Å². The van der Waals surface area contributed by atoms with Crippen molar-refractivity contribution in [1.82, 2.24) is 0 Å². The molecule has 0 saturated carbocycles. The number of carbonyl (C=O) groups excluding carboxylic acids is 1. The third-order valence-corrected chi connectivity index (χ3v) is 3.97. The highest BCUT2D eigenvalue weighted by atomic mass is 16.5. The molecule has 23 heavy (non-hydrogen) atoms. The summed E-state index contributed by atoms with van der Waals surface area (Å²) >= 11 is 0. The van der Waals surface area contributed by atoms with Gasteiger partial charge in [0.1, 0.15) is 6.10 Å². The molecule has 0 fully saturated rings. The first-order valence-corrected chi connectivity index (χ1v) is 8.50. The molecule has 0 radical (unpaired) electrons. The number of esters is 1. The maximum Gasteiger partial charge on any atom is 0.339 e. The van der Waals surface area contributed by atoms with Crippen molar-refractivity contribution in [1.29, 1.82) is 0 Å². The van der Waals surface area contributed by atoms with E-state index in [-0.39, 0.29) is 23.1 Å². The maximum atomic E-state index is 12.3. The predicted octanol–water partition coefficient (Wildman–Crippen LogP) is 4.93. The average molecular weight is 320 g/mol. The van der Waals surface area contributed by atoms with Crippen LogP contribution in [0.3, 0.4) is 0 Å². The van der Waals surface area contributed by atoms with Gasteiger partial charge in [-0.3, -0.25) is 0 Å². The standard InChI is InChI=1S/C19H28O4/c1-4-5-6-7-8-13-17(14(2)3)23-19(22)16-12-10-9-11-15(16)18(20)21/h9-12,14,17H,4-8,13H2,1-3H3,(H,20,21). The summed E-state index contributed by atoms with van der Waals surface area (Å²) in [4.78, 5) is 23.5. The number of aromatic carboxylic acids is 1. The van der Waals surface area contributed by atoms with E-state index < -0.39 is 11.9 Å². The van der Waals surface area contributed by atoms with Gasteiger partial charge in [0.2, 0.25) is 0 Å². The number of hydrogen-bond acceptors (Lipinski definition) is 3.